The Morgan fingerprint density at radius 1 is 1.42 bits per heavy atom. The Balaban J connectivity index is 0.00000288. The fourth-order valence-electron chi connectivity index (χ4n) is 2.83. The first kappa shape index (κ1) is 20.3. The van der Waals surface area contributed by atoms with Crippen LogP contribution in [0.1, 0.15) is 37.6 Å². The van der Waals surface area contributed by atoms with Gasteiger partial charge in [-0.1, -0.05) is 13.8 Å². The third-order valence-electron chi connectivity index (χ3n) is 4.73. The van der Waals surface area contributed by atoms with Crippen LogP contribution in [0.15, 0.2) is 18.2 Å². The number of hydrogen-bond acceptors (Lipinski definition) is 4. The number of amides is 2. The van der Waals surface area contributed by atoms with Crippen molar-refractivity contribution in [1.82, 2.24) is 0 Å². The number of ether oxygens (including phenoxy) is 1. The van der Waals surface area contributed by atoms with E-state index in [0.717, 1.165) is 6.07 Å². The zero-order valence-corrected chi connectivity index (χ0v) is 14.7. The minimum absolute atomic E-state index is 0. The molecule has 2 atom stereocenters. The largest absolute Gasteiger partial charge is 0.378 e. The van der Waals surface area contributed by atoms with Crippen molar-refractivity contribution in [3.05, 3.63) is 29.6 Å². The first-order chi connectivity index (χ1) is 10.6. The molecule has 1 fully saturated rings. The fraction of sp³-hybridized carbons (Fsp3) is 0.500. The second-order valence-corrected chi connectivity index (χ2v) is 6.35. The molecular formula is C16H23ClFN3O3. The van der Waals surface area contributed by atoms with Crippen LogP contribution in [0.3, 0.4) is 0 Å². The molecule has 0 aromatic heterocycles. The van der Waals surface area contributed by atoms with E-state index in [9.17, 15) is 14.0 Å². The Kier molecular flexibility index (Phi) is 5.97. The number of halogens is 2. The number of anilines is 1. The second-order valence-electron chi connectivity index (χ2n) is 6.35. The van der Waals surface area contributed by atoms with E-state index in [1.165, 1.54) is 12.1 Å². The van der Waals surface area contributed by atoms with Crippen molar-refractivity contribution in [2.24, 2.45) is 16.9 Å². The van der Waals surface area contributed by atoms with Crippen LogP contribution >= 0.6 is 12.4 Å². The van der Waals surface area contributed by atoms with Crippen molar-refractivity contribution in [3.63, 3.8) is 0 Å². The van der Waals surface area contributed by atoms with E-state index in [0.29, 0.717) is 13.0 Å². The number of benzene rings is 1. The zero-order chi connectivity index (χ0) is 17.4. The lowest BCUT2D eigenvalue weighted by Gasteiger charge is -2.57. The van der Waals surface area contributed by atoms with Crippen LogP contribution < -0.4 is 16.8 Å². The van der Waals surface area contributed by atoms with Gasteiger partial charge in [-0.15, -0.1) is 12.4 Å². The van der Waals surface area contributed by atoms with Gasteiger partial charge in [0.15, 0.2) is 0 Å². The summed E-state index contributed by atoms with van der Waals surface area (Å²) in [6.45, 7) is 6.08. The normalized spacial score (nSPS) is 24.5. The maximum Gasteiger partial charge on any atom is 0.248 e. The summed E-state index contributed by atoms with van der Waals surface area (Å²) in [6, 6.07) is 3.53. The summed E-state index contributed by atoms with van der Waals surface area (Å²) >= 11 is 0. The summed E-state index contributed by atoms with van der Waals surface area (Å²) in [4.78, 5) is 23.7. The van der Waals surface area contributed by atoms with Gasteiger partial charge in [-0.25, -0.2) is 4.39 Å². The molecule has 0 saturated heterocycles. The van der Waals surface area contributed by atoms with Crippen LogP contribution in [0.4, 0.5) is 10.1 Å². The number of hydrogen-bond donors (Lipinski definition) is 3. The summed E-state index contributed by atoms with van der Waals surface area (Å²) < 4.78 is 19.4. The molecule has 2 rings (SSSR count). The van der Waals surface area contributed by atoms with Gasteiger partial charge in [0.1, 0.15) is 11.4 Å². The standard InChI is InChI=1S/C16H22FN3O3.ClH/c1-4-23-12-8-16(19,15(12,2)3)14(22)20-11-7-9(13(18)21)5-6-10(11)17;/h5-7,12H,4,8,19H2,1-3H3,(H2,18,21)(H,20,22);1H. The molecule has 2 amide bonds. The molecular weight excluding hydrogens is 337 g/mol. The van der Waals surface area contributed by atoms with Gasteiger partial charge < -0.3 is 21.5 Å². The van der Waals surface area contributed by atoms with E-state index in [-0.39, 0.29) is 29.8 Å². The summed E-state index contributed by atoms with van der Waals surface area (Å²) in [5.74, 6) is -1.88. The Morgan fingerprint density at radius 2 is 2.04 bits per heavy atom. The molecule has 5 N–H and O–H groups in total. The molecule has 0 heterocycles. The highest BCUT2D eigenvalue weighted by atomic mass is 35.5. The lowest BCUT2D eigenvalue weighted by atomic mass is 9.54. The van der Waals surface area contributed by atoms with E-state index in [1.807, 2.05) is 20.8 Å². The van der Waals surface area contributed by atoms with E-state index in [2.05, 4.69) is 5.32 Å². The average molecular weight is 360 g/mol. The molecule has 0 bridgehead atoms. The molecule has 8 heteroatoms. The maximum atomic E-state index is 13.9. The van der Waals surface area contributed by atoms with Crippen molar-refractivity contribution in [1.29, 1.82) is 0 Å². The lowest BCUT2D eigenvalue weighted by molar-refractivity contribution is -0.166. The zero-order valence-electron chi connectivity index (χ0n) is 13.9. The van der Waals surface area contributed by atoms with Crippen LogP contribution in [0, 0.1) is 11.2 Å². The van der Waals surface area contributed by atoms with Crippen molar-refractivity contribution in [2.45, 2.75) is 38.8 Å². The molecule has 0 spiro atoms. The fourth-order valence-corrected chi connectivity index (χ4v) is 2.83. The topological polar surface area (TPSA) is 107 Å². The van der Waals surface area contributed by atoms with Crippen LogP contribution in [-0.2, 0) is 9.53 Å². The summed E-state index contributed by atoms with van der Waals surface area (Å²) in [5, 5.41) is 2.46. The second kappa shape index (κ2) is 7.04. The van der Waals surface area contributed by atoms with E-state index in [4.69, 9.17) is 16.2 Å². The molecule has 1 aromatic rings. The molecule has 1 saturated carbocycles. The third-order valence-corrected chi connectivity index (χ3v) is 4.73. The van der Waals surface area contributed by atoms with Gasteiger partial charge in [-0.05, 0) is 25.1 Å². The van der Waals surface area contributed by atoms with Crippen LogP contribution in [-0.4, -0.2) is 30.1 Å². The van der Waals surface area contributed by atoms with E-state index in [1.54, 1.807) is 0 Å². The monoisotopic (exact) mass is 359 g/mol. The van der Waals surface area contributed by atoms with Gasteiger partial charge in [0.05, 0.1) is 11.8 Å². The predicted octanol–water partition coefficient (Wildman–Crippen LogP) is 1.82. The molecule has 0 radical (unpaired) electrons. The minimum atomic E-state index is -1.18. The molecule has 24 heavy (non-hydrogen) atoms. The van der Waals surface area contributed by atoms with E-state index < -0.39 is 28.6 Å². The van der Waals surface area contributed by atoms with Crippen molar-refractivity contribution in [2.75, 3.05) is 11.9 Å². The summed E-state index contributed by atoms with van der Waals surface area (Å²) in [5.41, 5.74) is 9.62. The van der Waals surface area contributed by atoms with Gasteiger partial charge in [-0.2, -0.15) is 0 Å². The molecule has 1 aliphatic carbocycles. The first-order valence-corrected chi connectivity index (χ1v) is 7.44. The minimum Gasteiger partial charge on any atom is -0.378 e. The Bertz CT molecular complexity index is 653. The van der Waals surface area contributed by atoms with Crippen LogP contribution in [0.2, 0.25) is 0 Å². The number of nitrogens with two attached hydrogens (primary N) is 2. The van der Waals surface area contributed by atoms with Gasteiger partial charge in [0.25, 0.3) is 0 Å². The van der Waals surface area contributed by atoms with Crippen molar-refractivity contribution in [3.8, 4) is 0 Å². The molecule has 134 valence electrons. The molecule has 1 aliphatic rings. The molecule has 0 aliphatic heterocycles. The van der Waals surface area contributed by atoms with Crippen molar-refractivity contribution >= 4 is 29.9 Å². The Hall–Kier alpha value is -1.70. The Labute approximate surface area is 146 Å². The third kappa shape index (κ3) is 3.24. The van der Waals surface area contributed by atoms with Gasteiger partial charge in [-0.3, -0.25) is 9.59 Å². The predicted molar refractivity (Wildman–Crippen MR) is 91.5 cm³/mol. The Morgan fingerprint density at radius 3 is 2.54 bits per heavy atom. The molecule has 1 aromatic carbocycles. The number of rotatable bonds is 5. The van der Waals surface area contributed by atoms with E-state index >= 15 is 0 Å². The average Bonchev–Trinajstić information content (AvgIpc) is 2.48. The number of carbonyl (C=O) groups is 2. The van der Waals surface area contributed by atoms with Gasteiger partial charge in [0, 0.05) is 24.0 Å². The maximum absolute atomic E-state index is 13.9. The highest BCUT2D eigenvalue weighted by molar-refractivity contribution is 6.01. The number of carbonyl (C=O) groups excluding carboxylic acids is 2. The molecule has 6 nitrogen and oxygen atoms in total. The highest BCUT2D eigenvalue weighted by Crippen LogP contribution is 2.50. The van der Waals surface area contributed by atoms with Crippen LogP contribution in [0.25, 0.3) is 0 Å². The number of nitrogens with one attached hydrogen (secondary N) is 1. The van der Waals surface area contributed by atoms with Gasteiger partial charge >= 0.3 is 0 Å². The SMILES string of the molecule is CCOC1CC(N)(C(=O)Nc2cc(C(N)=O)ccc2F)C1(C)C.Cl. The van der Waals surface area contributed by atoms with Gasteiger partial charge in [0.2, 0.25) is 11.8 Å². The smallest absolute Gasteiger partial charge is 0.248 e. The summed E-state index contributed by atoms with van der Waals surface area (Å²) in [6.07, 6.45) is 0.210. The lowest BCUT2D eigenvalue weighted by Crippen LogP contribution is -2.74. The first-order valence-electron chi connectivity index (χ1n) is 7.44. The summed E-state index contributed by atoms with van der Waals surface area (Å²) in [7, 11) is 0. The van der Waals surface area contributed by atoms with Crippen molar-refractivity contribution < 1.29 is 18.7 Å². The van der Waals surface area contributed by atoms with Crippen LogP contribution in [0.5, 0.6) is 0 Å². The number of primary amides is 1. The quantitative estimate of drug-likeness (QED) is 0.745. The highest BCUT2D eigenvalue weighted by Gasteiger charge is 2.62. The molecule has 2 unspecified atom stereocenters.